The number of hydrogen-bond acceptors (Lipinski definition) is 4. The van der Waals surface area contributed by atoms with E-state index in [4.69, 9.17) is 5.73 Å². The molecule has 0 heterocycles. The monoisotopic (exact) mass is 441 g/mol. The standard InChI is InChI=1S/C25H29F2N3O2/c1-15-3-7-18(23(28)30-17-5-6-17)22(32)21(15)16-4-8-19(20(13-16)29-2)24(14-31)9-11-25(26,27)12-10-24/h3-4,7-8,13-14,17,29,32H,5-6,9-12H2,1-2H3,(H2,28,30). The Kier molecular flexibility index (Phi) is 5.69. The summed E-state index contributed by atoms with van der Waals surface area (Å²) in [6.45, 7) is 1.90. The Morgan fingerprint density at radius 2 is 1.88 bits per heavy atom. The number of aldehydes is 1. The predicted molar refractivity (Wildman–Crippen MR) is 123 cm³/mol. The summed E-state index contributed by atoms with van der Waals surface area (Å²) in [7, 11) is 1.74. The number of carbonyl (C=O) groups is 1. The lowest BCUT2D eigenvalue weighted by Gasteiger charge is -2.37. The third kappa shape index (κ3) is 4.08. The van der Waals surface area contributed by atoms with Crippen LogP contribution in [-0.2, 0) is 10.2 Å². The lowest BCUT2D eigenvalue weighted by Crippen LogP contribution is -2.38. The highest BCUT2D eigenvalue weighted by atomic mass is 19.3. The molecule has 2 aromatic carbocycles. The molecule has 2 aromatic rings. The summed E-state index contributed by atoms with van der Waals surface area (Å²) < 4.78 is 27.5. The maximum Gasteiger partial charge on any atom is 0.248 e. The molecule has 0 aromatic heterocycles. The van der Waals surface area contributed by atoms with Crippen LogP contribution in [0.2, 0.25) is 0 Å². The molecule has 0 unspecified atom stereocenters. The Labute approximate surface area is 186 Å². The van der Waals surface area contributed by atoms with Gasteiger partial charge in [0.1, 0.15) is 17.9 Å². The molecule has 2 aliphatic rings. The van der Waals surface area contributed by atoms with Crippen LogP contribution in [0.5, 0.6) is 5.75 Å². The van der Waals surface area contributed by atoms with E-state index in [0.29, 0.717) is 28.2 Å². The van der Waals surface area contributed by atoms with E-state index in [1.165, 1.54) is 0 Å². The zero-order valence-corrected chi connectivity index (χ0v) is 18.4. The van der Waals surface area contributed by atoms with Crippen LogP contribution in [-0.4, -0.2) is 36.2 Å². The third-order valence-corrected chi connectivity index (χ3v) is 6.74. The number of aliphatic imine (C=N–C) groups is 1. The molecule has 0 aliphatic heterocycles. The van der Waals surface area contributed by atoms with Gasteiger partial charge in [-0.15, -0.1) is 0 Å². The molecule has 0 atom stereocenters. The van der Waals surface area contributed by atoms with Crippen molar-refractivity contribution in [1.29, 1.82) is 0 Å². The molecule has 4 rings (SSSR count). The van der Waals surface area contributed by atoms with Crippen LogP contribution in [0.25, 0.3) is 11.1 Å². The number of phenolic OH excluding ortho intramolecular Hbond substituents is 1. The Hall–Kier alpha value is -2.96. The second-order valence-corrected chi connectivity index (χ2v) is 9.04. The number of nitrogens with two attached hydrogens (primary N) is 1. The topological polar surface area (TPSA) is 87.7 Å². The number of carbonyl (C=O) groups excluding carboxylic acids is 1. The summed E-state index contributed by atoms with van der Waals surface area (Å²) in [5.41, 5.74) is 9.33. The van der Waals surface area contributed by atoms with E-state index in [9.17, 15) is 18.7 Å². The molecule has 2 saturated carbocycles. The molecule has 170 valence electrons. The number of alkyl halides is 2. The van der Waals surface area contributed by atoms with Crippen LogP contribution in [0.4, 0.5) is 14.5 Å². The fraction of sp³-hybridized carbons (Fsp3) is 0.440. The van der Waals surface area contributed by atoms with Crippen molar-refractivity contribution in [1.82, 2.24) is 0 Å². The lowest BCUT2D eigenvalue weighted by molar-refractivity contribution is -0.117. The summed E-state index contributed by atoms with van der Waals surface area (Å²) in [5, 5.41) is 14.2. The van der Waals surface area contributed by atoms with Crippen molar-refractivity contribution >= 4 is 17.8 Å². The molecule has 0 amide bonds. The smallest absolute Gasteiger partial charge is 0.248 e. The van der Waals surface area contributed by atoms with E-state index < -0.39 is 11.3 Å². The Balaban J connectivity index is 1.76. The number of aryl methyl sites for hydroxylation is 1. The van der Waals surface area contributed by atoms with Crippen molar-refractivity contribution in [2.24, 2.45) is 10.7 Å². The fourth-order valence-electron chi connectivity index (χ4n) is 4.59. The van der Waals surface area contributed by atoms with Gasteiger partial charge in [0.05, 0.1) is 17.0 Å². The van der Waals surface area contributed by atoms with Crippen LogP contribution >= 0.6 is 0 Å². The maximum absolute atomic E-state index is 13.8. The highest BCUT2D eigenvalue weighted by Crippen LogP contribution is 2.47. The van der Waals surface area contributed by atoms with E-state index in [0.717, 1.165) is 30.3 Å². The molecule has 0 saturated heterocycles. The first-order valence-corrected chi connectivity index (χ1v) is 11.0. The molecule has 4 N–H and O–H groups in total. The molecule has 0 spiro atoms. The largest absolute Gasteiger partial charge is 0.507 e. The van der Waals surface area contributed by atoms with Crippen molar-refractivity contribution in [3.05, 3.63) is 47.0 Å². The number of phenols is 1. The summed E-state index contributed by atoms with van der Waals surface area (Å²) in [6, 6.07) is 9.39. The molecule has 2 aliphatic carbocycles. The van der Waals surface area contributed by atoms with Gasteiger partial charge in [0, 0.05) is 31.1 Å². The minimum Gasteiger partial charge on any atom is -0.507 e. The van der Waals surface area contributed by atoms with Gasteiger partial charge in [-0.3, -0.25) is 4.99 Å². The quantitative estimate of drug-likeness (QED) is 0.337. The van der Waals surface area contributed by atoms with Gasteiger partial charge >= 0.3 is 0 Å². The lowest BCUT2D eigenvalue weighted by atomic mass is 9.68. The van der Waals surface area contributed by atoms with Crippen molar-refractivity contribution < 1.29 is 18.7 Å². The van der Waals surface area contributed by atoms with Crippen molar-refractivity contribution in [2.75, 3.05) is 12.4 Å². The zero-order chi connectivity index (χ0) is 23.1. The maximum atomic E-state index is 13.8. The second-order valence-electron chi connectivity index (χ2n) is 9.04. The van der Waals surface area contributed by atoms with Crippen LogP contribution in [0.1, 0.15) is 55.2 Å². The number of rotatable bonds is 6. The highest BCUT2D eigenvalue weighted by Gasteiger charge is 2.45. The number of aromatic hydroxyl groups is 1. The first-order chi connectivity index (χ1) is 15.2. The van der Waals surface area contributed by atoms with E-state index in [1.54, 1.807) is 13.1 Å². The molecule has 0 radical (unpaired) electrons. The normalized spacial score (nSPS) is 20.1. The zero-order valence-electron chi connectivity index (χ0n) is 18.4. The third-order valence-electron chi connectivity index (χ3n) is 6.74. The second kappa shape index (κ2) is 8.19. The van der Waals surface area contributed by atoms with Gasteiger partial charge in [-0.2, -0.15) is 0 Å². The molecule has 0 bridgehead atoms. The minimum absolute atomic E-state index is 0.0594. The molecular formula is C25H29F2N3O2. The minimum atomic E-state index is -2.72. The Morgan fingerprint density at radius 3 is 2.47 bits per heavy atom. The molecular weight excluding hydrogens is 412 g/mol. The van der Waals surface area contributed by atoms with E-state index >= 15 is 0 Å². The number of anilines is 1. The highest BCUT2D eigenvalue weighted by molar-refractivity contribution is 6.02. The number of hydrogen-bond donors (Lipinski definition) is 3. The summed E-state index contributed by atoms with van der Waals surface area (Å²) in [6.07, 6.45) is 2.43. The fourth-order valence-corrected chi connectivity index (χ4v) is 4.59. The number of benzene rings is 2. The summed E-state index contributed by atoms with van der Waals surface area (Å²) in [5.74, 6) is -2.35. The number of amidine groups is 1. The van der Waals surface area contributed by atoms with Gasteiger partial charge in [0.25, 0.3) is 0 Å². The van der Waals surface area contributed by atoms with E-state index in [-0.39, 0.29) is 37.5 Å². The van der Waals surface area contributed by atoms with Gasteiger partial charge in [-0.05, 0) is 61.4 Å². The number of nitrogens with zero attached hydrogens (tertiary/aromatic N) is 1. The van der Waals surface area contributed by atoms with Gasteiger partial charge in [-0.25, -0.2) is 8.78 Å². The van der Waals surface area contributed by atoms with Gasteiger partial charge in [-0.1, -0.05) is 18.2 Å². The van der Waals surface area contributed by atoms with Crippen molar-refractivity contribution in [2.45, 2.75) is 62.8 Å². The summed E-state index contributed by atoms with van der Waals surface area (Å²) in [4.78, 5) is 16.5. The van der Waals surface area contributed by atoms with Gasteiger partial charge < -0.3 is 21.0 Å². The predicted octanol–water partition coefficient (Wildman–Crippen LogP) is 4.92. The SMILES string of the molecule is CNc1cc(-c2c(C)ccc(C(N)=NC3CC3)c2O)ccc1C1(C=O)CCC(F)(F)CC1. The molecule has 32 heavy (non-hydrogen) atoms. The first kappa shape index (κ1) is 22.2. The number of nitrogens with one attached hydrogen (secondary N) is 1. The molecule has 7 heteroatoms. The van der Waals surface area contributed by atoms with Crippen molar-refractivity contribution in [3.8, 4) is 16.9 Å². The van der Waals surface area contributed by atoms with E-state index in [1.807, 2.05) is 31.2 Å². The van der Waals surface area contributed by atoms with Crippen molar-refractivity contribution in [3.63, 3.8) is 0 Å². The van der Waals surface area contributed by atoms with Crippen LogP contribution < -0.4 is 11.1 Å². The molecule has 5 nitrogen and oxygen atoms in total. The van der Waals surface area contributed by atoms with Gasteiger partial charge in [0.15, 0.2) is 0 Å². The van der Waals surface area contributed by atoms with Crippen LogP contribution in [0, 0.1) is 6.92 Å². The van der Waals surface area contributed by atoms with E-state index in [2.05, 4.69) is 10.3 Å². The molecule has 2 fully saturated rings. The Bertz CT molecular complexity index is 1070. The van der Waals surface area contributed by atoms with Gasteiger partial charge in [0.2, 0.25) is 5.92 Å². The van der Waals surface area contributed by atoms with Crippen LogP contribution in [0.15, 0.2) is 35.3 Å². The summed E-state index contributed by atoms with van der Waals surface area (Å²) >= 11 is 0. The Morgan fingerprint density at radius 1 is 1.19 bits per heavy atom. The number of halogens is 2. The average Bonchev–Trinajstić information content (AvgIpc) is 3.58. The first-order valence-electron chi connectivity index (χ1n) is 11.0. The average molecular weight is 442 g/mol. The van der Waals surface area contributed by atoms with Crippen LogP contribution in [0.3, 0.4) is 0 Å².